The van der Waals surface area contributed by atoms with Crippen molar-refractivity contribution >= 4 is 17.5 Å². The van der Waals surface area contributed by atoms with Crippen molar-refractivity contribution in [1.29, 1.82) is 5.26 Å². The number of nitrogens with one attached hydrogen (secondary N) is 1. The third kappa shape index (κ3) is 5.85. The Morgan fingerprint density at radius 1 is 1.17 bits per heavy atom. The van der Waals surface area contributed by atoms with Gasteiger partial charge in [0.15, 0.2) is 6.10 Å². The molecule has 35 heavy (non-hydrogen) atoms. The maximum Gasteiger partial charge on any atom is 0.273 e. The van der Waals surface area contributed by atoms with Gasteiger partial charge in [0.1, 0.15) is 17.9 Å². The van der Waals surface area contributed by atoms with Gasteiger partial charge in [-0.3, -0.25) is 9.78 Å². The number of halogens is 2. The lowest BCUT2D eigenvalue weighted by molar-refractivity contribution is -0.150. The summed E-state index contributed by atoms with van der Waals surface area (Å²) in [5.74, 6) is -0.202. The number of hydrogen-bond acceptors (Lipinski definition) is 8. The SMILES string of the molecule is N#Cc1cc(-c2ccnc(Nc3ccncc3)n2)ccc1OC1CCN(C(=O)[C@H](O)C(F)F)CC1. The number of benzene rings is 1. The smallest absolute Gasteiger partial charge is 0.273 e. The summed E-state index contributed by atoms with van der Waals surface area (Å²) in [6, 6.07) is 12.6. The van der Waals surface area contributed by atoms with Gasteiger partial charge in [0.2, 0.25) is 5.95 Å². The van der Waals surface area contributed by atoms with Gasteiger partial charge in [-0.1, -0.05) is 0 Å². The van der Waals surface area contributed by atoms with Gasteiger partial charge in [0.05, 0.1) is 11.3 Å². The van der Waals surface area contributed by atoms with Crippen LogP contribution in [-0.2, 0) is 4.79 Å². The summed E-state index contributed by atoms with van der Waals surface area (Å²) < 4.78 is 31.2. The molecule has 1 fully saturated rings. The fourth-order valence-electron chi connectivity index (χ4n) is 3.69. The summed E-state index contributed by atoms with van der Waals surface area (Å²) in [6.07, 6.45) is -0.0254. The minimum Gasteiger partial charge on any atom is -0.489 e. The minimum atomic E-state index is -3.12. The lowest BCUT2D eigenvalue weighted by Gasteiger charge is -2.33. The first-order chi connectivity index (χ1) is 16.9. The number of nitrogens with zero attached hydrogens (tertiary/aromatic N) is 5. The molecule has 1 aliphatic heterocycles. The van der Waals surface area contributed by atoms with E-state index in [0.29, 0.717) is 41.4 Å². The van der Waals surface area contributed by atoms with Gasteiger partial charge >= 0.3 is 0 Å². The number of aliphatic hydroxyl groups excluding tert-OH is 1. The topological polar surface area (TPSA) is 124 Å². The van der Waals surface area contributed by atoms with Crippen LogP contribution in [0.3, 0.4) is 0 Å². The van der Waals surface area contributed by atoms with Crippen LogP contribution < -0.4 is 10.1 Å². The van der Waals surface area contributed by atoms with Crippen LogP contribution in [-0.4, -0.2) is 62.6 Å². The van der Waals surface area contributed by atoms with Gasteiger partial charge in [0, 0.05) is 55.8 Å². The molecule has 0 bridgehead atoms. The predicted octanol–water partition coefficient (Wildman–Crippen LogP) is 3.15. The van der Waals surface area contributed by atoms with Crippen LogP contribution in [0.5, 0.6) is 5.75 Å². The van der Waals surface area contributed by atoms with Crippen LogP contribution in [0.2, 0.25) is 0 Å². The molecule has 3 heterocycles. The van der Waals surface area contributed by atoms with Crippen molar-refractivity contribution in [3.63, 3.8) is 0 Å². The molecule has 2 N–H and O–H groups in total. The quantitative estimate of drug-likeness (QED) is 0.529. The third-order valence-electron chi connectivity index (χ3n) is 5.53. The second-order valence-corrected chi connectivity index (χ2v) is 7.87. The first-order valence-corrected chi connectivity index (χ1v) is 10.9. The van der Waals surface area contributed by atoms with Gasteiger partial charge in [0.25, 0.3) is 12.3 Å². The molecule has 0 saturated carbocycles. The maximum atomic E-state index is 12.6. The highest BCUT2D eigenvalue weighted by Gasteiger charge is 2.32. The number of amides is 1. The van der Waals surface area contributed by atoms with Gasteiger partial charge in [-0.15, -0.1) is 0 Å². The van der Waals surface area contributed by atoms with Crippen LogP contribution >= 0.6 is 0 Å². The van der Waals surface area contributed by atoms with Crippen LogP contribution in [0.4, 0.5) is 20.4 Å². The molecule has 0 radical (unpaired) electrons. The molecule has 11 heteroatoms. The highest BCUT2D eigenvalue weighted by molar-refractivity contribution is 5.81. The molecule has 1 aliphatic rings. The lowest BCUT2D eigenvalue weighted by Crippen LogP contribution is -2.47. The highest BCUT2D eigenvalue weighted by atomic mass is 19.3. The molecule has 180 valence electrons. The molecular weight excluding hydrogens is 458 g/mol. The molecule has 1 saturated heterocycles. The van der Waals surface area contributed by atoms with Crippen molar-refractivity contribution in [3.05, 3.63) is 60.6 Å². The van der Waals surface area contributed by atoms with Crippen molar-refractivity contribution in [3.8, 4) is 23.1 Å². The average molecular weight is 480 g/mol. The number of rotatable bonds is 7. The number of aromatic nitrogens is 3. The van der Waals surface area contributed by atoms with E-state index in [1.807, 2.05) is 0 Å². The van der Waals surface area contributed by atoms with Gasteiger partial charge in [-0.25, -0.2) is 18.7 Å². The summed E-state index contributed by atoms with van der Waals surface area (Å²) in [5.41, 5.74) is 2.42. The Morgan fingerprint density at radius 2 is 1.91 bits per heavy atom. The summed E-state index contributed by atoms with van der Waals surface area (Å²) >= 11 is 0. The molecule has 0 spiro atoms. The number of aliphatic hydroxyl groups is 1. The van der Waals surface area contributed by atoms with Crippen molar-refractivity contribution in [1.82, 2.24) is 19.9 Å². The zero-order valence-electron chi connectivity index (χ0n) is 18.5. The number of pyridine rings is 1. The minimum absolute atomic E-state index is 0.182. The van der Waals surface area contributed by atoms with Crippen LogP contribution in [0.25, 0.3) is 11.3 Å². The van der Waals surface area contributed by atoms with Crippen molar-refractivity contribution in [2.45, 2.75) is 31.5 Å². The summed E-state index contributed by atoms with van der Waals surface area (Å²) in [5, 5.41) is 22.1. The summed E-state index contributed by atoms with van der Waals surface area (Å²) in [7, 11) is 0. The Balaban J connectivity index is 1.42. The summed E-state index contributed by atoms with van der Waals surface area (Å²) in [4.78, 5) is 25.8. The van der Waals surface area contributed by atoms with Crippen molar-refractivity contribution in [2.75, 3.05) is 18.4 Å². The molecule has 4 rings (SSSR count). The van der Waals surface area contributed by atoms with E-state index < -0.39 is 18.4 Å². The second kappa shape index (κ2) is 10.8. The Labute approximate surface area is 200 Å². The van der Waals surface area contributed by atoms with E-state index >= 15 is 0 Å². The zero-order chi connectivity index (χ0) is 24.8. The first-order valence-electron chi connectivity index (χ1n) is 10.9. The summed E-state index contributed by atoms with van der Waals surface area (Å²) in [6.45, 7) is 0.364. The zero-order valence-corrected chi connectivity index (χ0v) is 18.5. The van der Waals surface area contributed by atoms with Crippen LogP contribution in [0.1, 0.15) is 18.4 Å². The average Bonchev–Trinajstić information content (AvgIpc) is 2.89. The van der Waals surface area contributed by atoms with Crippen molar-refractivity contribution < 1.29 is 23.4 Å². The standard InChI is InChI=1S/C24H22F2N6O3/c25-22(26)21(33)23(34)32-11-6-18(7-12-32)35-20-2-1-15(13-16(20)14-27)19-5-10-29-24(31-19)30-17-3-8-28-9-4-17/h1-5,8-10,13,18,21-22,33H,6-7,11-12H2,(H,28,29,30,31)/t21-/m1/s1. The number of nitriles is 1. The Bertz CT molecular complexity index is 1210. The monoisotopic (exact) mass is 480 g/mol. The van der Waals surface area contributed by atoms with E-state index in [4.69, 9.17) is 4.74 Å². The first kappa shape index (κ1) is 24.0. The van der Waals surface area contributed by atoms with Crippen molar-refractivity contribution in [2.24, 2.45) is 0 Å². The van der Waals surface area contributed by atoms with E-state index in [2.05, 4.69) is 26.3 Å². The molecule has 0 aliphatic carbocycles. The van der Waals surface area contributed by atoms with E-state index in [-0.39, 0.29) is 19.2 Å². The number of carbonyl (C=O) groups is 1. The number of likely N-dealkylation sites (tertiary alicyclic amines) is 1. The highest BCUT2D eigenvalue weighted by Crippen LogP contribution is 2.28. The molecule has 1 amide bonds. The Hall–Kier alpha value is -4.17. The number of ether oxygens (including phenoxy) is 1. The number of piperidine rings is 1. The van der Waals surface area contributed by atoms with E-state index in [0.717, 1.165) is 5.69 Å². The molecule has 1 atom stereocenters. The van der Waals surface area contributed by atoms with Crippen LogP contribution in [0, 0.1) is 11.3 Å². The third-order valence-corrected chi connectivity index (χ3v) is 5.53. The molecule has 0 unspecified atom stereocenters. The van der Waals surface area contributed by atoms with Gasteiger partial charge in [-0.05, 0) is 36.4 Å². The fourth-order valence-corrected chi connectivity index (χ4v) is 3.69. The fraction of sp³-hybridized carbons (Fsp3) is 0.292. The van der Waals surface area contributed by atoms with Crippen LogP contribution in [0.15, 0.2) is 55.0 Å². The number of anilines is 2. The van der Waals surface area contributed by atoms with E-state index in [1.165, 1.54) is 4.90 Å². The van der Waals surface area contributed by atoms with E-state index in [9.17, 15) is 23.9 Å². The molecule has 3 aromatic rings. The van der Waals surface area contributed by atoms with Gasteiger partial charge < -0.3 is 20.1 Å². The maximum absolute atomic E-state index is 12.6. The van der Waals surface area contributed by atoms with Gasteiger partial charge in [-0.2, -0.15) is 5.26 Å². The van der Waals surface area contributed by atoms with E-state index in [1.54, 1.807) is 55.0 Å². The lowest BCUT2D eigenvalue weighted by atomic mass is 10.1. The molecule has 1 aromatic carbocycles. The second-order valence-electron chi connectivity index (χ2n) is 7.87. The Kier molecular flexibility index (Phi) is 7.42. The Morgan fingerprint density at radius 3 is 2.60 bits per heavy atom. The molecular formula is C24H22F2N6O3. The molecule has 9 nitrogen and oxygen atoms in total. The molecule has 2 aromatic heterocycles. The number of carbonyl (C=O) groups excluding carboxylic acids is 1. The number of hydrogen-bond donors (Lipinski definition) is 2. The number of alkyl halides is 2. The predicted molar refractivity (Wildman–Crippen MR) is 122 cm³/mol. The largest absolute Gasteiger partial charge is 0.489 e. The normalized spacial score (nSPS) is 14.9.